The third-order valence-electron chi connectivity index (χ3n) is 11.4. The normalized spacial score (nSPS) is 33.7. The van der Waals surface area contributed by atoms with Gasteiger partial charge in [0, 0.05) is 24.3 Å². The first-order valence-electron chi connectivity index (χ1n) is 16.3. The van der Waals surface area contributed by atoms with E-state index >= 15 is 0 Å². The maximum Gasteiger partial charge on any atom is 0.494 e. The second-order valence-electron chi connectivity index (χ2n) is 14.6. The van der Waals surface area contributed by atoms with Crippen LogP contribution in [0.4, 0.5) is 0 Å². The SMILES string of the molecule is CO[C@@]1(c2ccc(/C=C/C=C/C(=O)O)c(OCc3ccc(B4OC(C)(C)C(C)(C)O4)cc3)c2Cl)OOC12C1CC3CC(C1)CC2C3. The number of carboxylic acids is 1. The van der Waals surface area contributed by atoms with Crippen LogP contribution in [0.3, 0.4) is 0 Å². The lowest BCUT2D eigenvalue weighted by molar-refractivity contribution is -0.645. The van der Waals surface area contributed by atoms with Gasteiger partial charge in [-0.3, -0.25) is 0 Å². The maximum absolute atomic E-state index is 11.0. The number of carbonyl (C=O) groups is 1. The first kappa shape index (κ1) is 31.9. The number of aliphatic carboxylic acids is 1. The van der Waals surface area contributed by atoms with Crippen LogP contribution >= 0.6 is 11.6 Å². The summed E-state index contributed by atoms with van der Waals surface area (Å²) in [7, 11) is 1.22. The van der Waals surface area contributed by atoms with Crippen LogP contribution in [0.25, 0.3) is 6.08 Å². The molecule has 1 spiro atoms. The summed E-state index contributed by atoms with van der Waals surface area (Å²) in [5.74, 6) is 0.430. The average molecular weight is 649 g/mol. The zero-order chi connectivity index (χ0) is 32.5. The van der Waals surface area contributed by atoms with E-state index in [4.69, 9.17) is 45.3 Å². The molecule has 0 unspecified atom stereocenters. The molecule has 4 bridgehead atoms. The van der Waals surface area contributed by atoms with Crippen molar-refractivity contribution in [3.8, 4) is 5.75 Å². The lowest BCUT2D eigenvalue weighted by Crippen LogP contribution is -2.76. The van der Waals surface area contributed by atoms with Crippen LogP contribution < -0.4 is 10.2 Å². The zero-order valence-electron chi connectivity index (χ0n) is 27.1. The number of methoxy groups -OCH3 is 1. The Hall–Kier alpha value is -2.66. The molecule has 6 aliphatic rings. The van der Waals surface area contributed by atoms with E-state index in [1.165, 1.54) is 12.5 Å². The van der Waals surface area contributed by atoms with Gasteiger partial charge in [0.15, 0.2) is 5.60 Å². The number of allylic oxidation sites excluding steroid dienone is 2. The molecule has 2 heterocycles. The van der Waals surface area contributed by atoms with E-state index < -0.39 is 35.7 Å². The summed E-state index contributed by atoms with van der Waals surface area (Å²) < 4.78 is 25.2. The van der Waals surface area contributed by atoms with E-state index in [1.807, 2.05) is 64.1 Å². The molecule has 6 fully saturated rings. The molecule has 8 rings (SSSR count). The van der Waals surface area contributed by atoms with Crippen molar-refractivity contribution >= 4 is 36.2 Å². The fourth-order valence-electron chi connectivity index (χ4n) is 8.64. The molecule has 10 heteroatoms. The standard InChI is InChI=1S/C36H42BClO8/c1-33(2)34(3,4)44-37(43-33)28-13-10-22(11-14-28)21-42-32-25(8-6-7-9-30(39)40)12-15-29(31(32)38)36(41-5)35(45-46-36)26-17-23-16-24(19-26)20-27(35)18-23/h6-15,23-24,26-27H,16-21H2,1-5H3,(H,39,40)/b8-6+,9-7+/t23?,24?,26?,27?,35?,36-/m0/s1. The highest BCUT2D eigenvalue weighted by Crippen LogP contribution is 2.70. The number of hydrogen-bond donors (Lipinski definition) is 1. The number of hydrogen-bond acceptors (Lipinski definition) is 7. The molecular weight excluding hydrogens is 607 g/mol. The average Bonchev–Trinajstić information content (AvgIpc) is 3.21. The molecule has 0 aromatic heterocycles. The van der Waals surface area contributed by atoms with Gasteiger partial charge in [-0.1, -0.05) is 66.2 Å². The van der Waals surface area contributed by atoms with E-state index in [0.29, 0.717) is 33.7 Å². The summed E-state index contributed by atoms with van der Waals surface area (Å²) in [5.41, 5.74) is 1.80. The third-order valence-corrected chi connectivity index (χ3v) is 11.8. The van der Waals surface area contributed by atoms with Crippen LogP contribution in [0, 0.1) is 23.7 Å². The smallest absolute Gasteiger partial charge is 0.487 e. The second-order valence-corrected chi connectivity index (χ2v) is 15.0. The highest BCUT2D eigenvalue weighted by Gasteiger charge is 2.77. The molecule has 4 aliphatic carbocycles. The topological polar surface area (TPSA) is 92.7 Å². The fourth-order valence-corrected chi connectivity index (χ4v) is 8.99. The van der Waals surface area contributed by atoms with E-state index in [-0.39, 0.29) is 6.61 Å². The lowest BCUT2D eigenvalue weighted by Gasteiger charge is -2.68. The van der Waals surface area contributed by atoms with Crippen LogP contribution in [0.15, 0.2) is 54.6 Å². The van der Waals surface area contributed by atoms with Gasteiger partial charge in [0.05, 0.1) is 16.2 Å². The summed E-state index contributed by atoms with van der Waals surface area (Å²) in [6.07, 6.45) is 11.7. The number of carboxylic acid groups (broad SMARTS) is 1. The van der Waals surface area contributed by atoms with Gasteiger partial charge in [-0.05, 0) is 94.5 Å². The van der Waals surface area contributed by atoms with Gasteiger partial charge in [-0.25, -0.2) is 9.68 Å². The summed E-state index contributed by atoms with van der Waals surface area (Å²) in [4.78, 5) is 23.2. The molecule has 4 saturated carbocycles. The Balaban J connectivity index is 1.18. The first-order valence-corrected chi connectivity index (χ1v) is 16.7. The van der Waals surface area contributed by atoms with E-state index in [1.54, 1.807) is 19.3 Å². The monoisotopic (exact) mass is 648 g/mol. The van der Waals surface area contributed by atoms with Crippen molar-refractivity contribution < 1.29 is 38.5 Å². The number of rotatable bonds is 9. The van der Waals surface area contributed by atoms with Gasteiger partial charge in [0.1, 0.15) is 12.4 Å². The molecule has 46 heavy (non-hydrogen) atoms. The number of benzene rings is 2. The van der Waals surface area contributed by atoms with Crippen LogP contribution in [0.1, 0.15) is 76.5 Å². The quantitative estimate of drug-likeness (QED) is 0.137. The van der Waals surface area contributed by atoms with Crippen molar-refractivity contribution in [1.29, 1.82) is 0 Å². The molecule has 8 nitrogen and oxygen atoms in total. The van der Waals surface area contributed by atoms with Gasteiger partial charge >= 0.3 is 13.1 Å². The Morgan fingerprint density at radius 1 is 0.935 bits per heavy atom. The highest BCUT2D eigenvalue weighted by molar-refractivity contribution is 6.62. The van der Waals surface area contributed by atoms with Crippen LogP contribution in [0.2, 0.25) is 5.02 Å². The Bertz CT molecular complexity index is 1520. The summed E-state index contributed by atoms with van der Waals surface area (Å²) >= 11 is 7.26. The Kier molecular flexibility index (Phi) is 7.98. The molecule has 2 saturated heterocycles. The number of ether oxygens (including phenoxy) is 2. The number of halogens is 1. The molecule has 2 aliphatic heterocycles. The van der Waals surface area contributed by atoms with Crippen molar-refractivity contribution in [2.24, 2.45) is 23.7 Å². The predicted molar refractivity (Wildman–Crippen MR) is 174 cm³/mol. The molecule has 2 aromatic rings. The van der Waals surface area contributed by atoms with Crippen molar-refractivity contribution in [3.63, 3.8) is 0 Å². The van der Waals surface area contributed by atoms with Crippen molar-refractivity contribution in [2.45, 2.75) is 89.0 Å². The first-order chi connectivity index (χ1) is 21.9. The van der Waals surface area contributed by atoms with Crippen LogP contribution in [-0.2, 0) is 41.0 Å². The van der Waals surface area contributed by atoms with Crippen molar-refractivity contribution in [1.82, 2.24) is 0 Å². The maximum atomic E-state index is 11.0. The van der Waals surface area contributed by atoms with Gasteiger partial charge in [0.2, 0.25) is 0 Å². The highest BCUT2D eigenvalue weighted by atomic mass is 35.5. The third kappa shape index (κ3) is 4.97. The Labute approximate surface area is 276 Å². The van der Waals surface area contributed by atoms with Gasteiger partial charge in [-0.2, -0.15) is 4.89 Å². The Morgan fingerprint density at radius 2 is 1.57 bits per heavy atom. The molecule has 2 aromatic carbocycles. The van der Waals surface area contributed by atoms with Gasteiger partial charge in [0.25, 0.3) is 5.79 Å². The molecule has 1 N–H and O–H groups in total. The summed E-state index contributed by atoms with van der Waals surface area (Å²) in [6, 6.07) is 11.8. The minimum atomic E-state index is -1.15. The second kappa shape index (κ2) is 11.5. The Morgan fingerprint density at radius 3 is 2.11 bits per heavy atom. The zero-order valence-corrected chi connectivity index (χ0v) is 27.8. The summed E-state index contributed by atoms with van der Waals surface area (Å²) in [6.45, 7) is 8.40. The molecule has 0 amide bonds. The van der Waals surface area contributed by atoms with Gasteiger partial charge < -0.3 is 23.9 Å². The lowest BCUT2D eigenvalue weighted by atomic mass is 9.47. The molecule has 0 radical (unpaired) electrons. The fraction of sp³-hybridized carbons (Fsp3) is 0.528. The predicted octanol–water partition coefficient (Wildman–Crippen LogP) is 6.83. The van der Waals surface area contributed by atoms with E-state index in [9.17, 15) is 4.79 Å². The largest absolute Gasteiger partial charge is 0.494 e. The van der Waals surface area contributed by atoms with E-state index in [0.717, 1.165) is 54.6 Å². The van der Waals surface area contributed by atoms with Crippen molar-refractivity contribution in [3.05, 3.63) is 76.3 Å². The van der Waals surface area contributed by atoms with Crippen LogP contribution in [-0.4, -0.2) is 42.1 Å². The van der Waals surface area contributed by atoms with Crippen molar-refractivity contribution in [2.75, 3.05) is 7.11 Å². The van der Waals surface area contributed by atoms with Gasteiger partial charge in [-0.15, -0.1) is 0 Å². The summed E-state index contributed by atoms with van der Waals surface area (Å²) in [5, 5.41) is 9.42. The molecule has 244 valence electrons. The van der Waals surface area contributed by atoms with E-state index in [2.05, 4.69) is 0 Å². The minimum absolute atomic E-state index is 0.246. The molecule has 1 atom stereocenters. The minimum Gasteiger partial charge on any atom is -0.487 e. The van der Waals surface area contributed by atoms with Crippen LogP contribution in [0.5, 0.6) is 5.75 Å². The molecular formula is C36H42BClO8.